The smallest absolute Gasteiger partial charge is 0.0233 e. The Bertz CT molecular complexity index is 352. The minimum atomic E-state index is 0.167. The summed E-state index contributed by atoms with van der Waals surface area (Å²) in [6.07, 6.45) is 0. The highest BCUT2D eigenvalue weighted by Gasteiger charge is 2.21. The van der Waals surface area contributed by atoms with Gasteiger partial charge in [0.15, 0.2) is 0 Å². The van der Waals surface area contributed by atoms with Gasteiger partial charge in [-0.05, 0) is 30.5 Å². The van der Waals surface area contributed by atoms with E-state index in [1.807, 2.05) is 0 Å². The van der Waals surface area contributed by atoms with E-state index in [2.05, 4.69) is 63.9 Å². The zero-order valence-electron chi connectivity index (χ0n) is 11.8. The van der Waals surface area contributed by atoms with Crippen LogP contribution in [-0.4, -0.2) is 24.5 Å². The molecule has 17 heavy (non-hydrogen) atoms. The van der Waals surface area contributed by atoms with E-state index in [9.17, 15) is 0 Å². The van der Waals surface area contributed by atoms with Gasteiger partial charge in [0.2, 0.25) is 0 Å². The van der Waals surface area contributed by atoms with Gasteiger partial charge in [0.1, 0.15) is 0 Å². The third kappa shape index (κ3) is 4.49. The molecule has 1 atom stereocenters. The summed E-state index contributed by atoms with van der Waals surface area (Å²) >= 11 is 0. The molecule has 0 spiro atoms. The molecular formula is C15H26N2. The summed E-state index contributed by atoms with van der Waals surface area (Å²) in [7, 11) is 2.14. The number of nitrogens with zero attached hydrogens (tertiary/aromatic N) is 1. The van der Waals surface area contributed by atoms with E-state index in [-0.39, 0.29) is 11.5 Å². The normalized spacial score (nSPS) is 14.1. The lowest BCUT2D eigenvalue weighted by molar-refractivity contribution is 0.222. The maximum atomic E-state index is 6.20. The van der Waals surface area contributed by atoms with Crippen LogP contribution in [0.2, 0.25) is 0 Å². The number of rotatable bonds is 4. The summed E-state index contributed by atoms with van der Waals surface area (Å²) in [5, 5.41) is 0. The molecule has 0 saturated carbocycles. The molecule has 0 aliphatic carbocycles. The molecule has 0 bridgehead atoms. The van der Waals surface area contributed by atoms with E-state index in [1.165, 1.54) is 11.1 Å². The largest absolute Gasteiger partial charge is 0.326 e. The molecule has 1 aromatic carbocycles. The Balaban J connectivity index is 2.56. The predicted molar refractivity (Wildman–Crippen MR) is 74.9 cm³/mol. The fraction of sp³-hybridized carbons (Fsp3) is 0.600. The van der Waals surface area contributed by atoms with Crippen molar-refractivity contribution in [1.29, 1.82) is 0 Å². The molecule has 2 nitrogen and oxygen atoms in total. The molecule has 0 radical (unpaired) electrons. The van der Waals surface area contributed by atoms with E-state index in [4.69, 9.17) is 5.73 Å². The van der Waals surface area contributed by atoms with Crippen LogP contribution in [0.1, 0.15) is 31.9 Å². The van der Waals surface area contributed by atoms with Gasteiger partial charge in [-0.1, -0.05) is 45.0 Å². The van der Waals surface area contributed by atoms with Gasteiger partial charge >= 0.3 is 0 Å². The molecule has 0 fully saturated rings. The molecule has 0 aromatic heterocycles. The minimum Gasteiger partial charge on any atom is -0.326 e. The van der Waals surface area contributed by atoms with Crippen molar-refractivity contribution >= 4 is 0 Å². The van der Waals surface area contributed by atoms with Crippen molar-refractivity contribution in [3.63, 3.8) is 0 Å². The maximum absolute atomic E-state index is 6.20. The number of hydrogen-bond donors (Lipinski definition) is 1. The second kappa shape index (κ2) is 5.65. The fourth-order valence-electron chi connectivity index (χ4n) is 1.75. The quantitative estimate of drug-likeness (QED) is 0.868. The van der Waals surface area contributed by atoms with E-state index in [0.29, 0.717) is 0 Å². The Hall–Kier alpha value is -0.860. The van der Waals surface area contributed by atoms with E-state index in [0.717, 1.165) is 13.1 Å². The highest BCUT2D eigenvalue weighted by Crippen LogP contribution is 2.18. The van der Waals surface area contributed by atoms with Crippen LogP contribution in [0, 0.1) is 12.3 Å². The van der Waals surface area contributed by atoms with Crippen LogP contribution in [0.15, 0.2) is 24.3 Å². The molecule has 2 heteroatoms. The first-order valence-electron chi connectivity index (χ1n) is 6.29. The molecule has 0 saturated heterocycles. The Kier molecular flexibility index (Phi) is 4.72. The van der Waals surface area contributed by atoms with Crippen molar-refractivity contribution in [3.05, 3.63) is 35.4 Å². The van der Waals surface area contributed by atoms with E-state index >= 15 is 0 Å². The highest BCUT2D eigenvalue weighted by atomic mass is 15.1. The Morgan fingerprint density at radius 1 is 1.24 bits per heavy atom. The molecule has 1 unspecified atom stereocenters. The predicted octanol–water partition coefficient (Wildman–Crippen LogP) is 2.80. The molecule has 1 aromatic rings. The van der Waals surface area contributed by atoms with Crippen LogP contribution < -0.4 is 5.73 Å². The zero-order chi connectivity index (χ0) is 13.1. The molecule has 0 aliphatic rings. The van der Waals surface area contributed by atoms with Gasteiger partial charge in [-0.25, -0.2) is 0 Å². The van der Waals surface area contributed by atoms with Crippen molar-refractivity contribution in [2.75, 3.05) is 13.6 Å². The van der Waals surface area contributed by atoms with Gasteiger partial charge < -0.3 is 10.6 Å². The van der Waals surface area contributed by atoms with Crippen LogP contribution >= 0.6 is 0 Å². The topological polar surface area (TPSA) is 29.3 Å². The summed E-state index contributed by atoms with van der Waals surface area (Å²) in [6.45, 7) is 10.6. The third-order valence-corrected chi connectivity index (χ3v) is 3.32. The average molecular weight is 234 g/mol. The zero-order valence-corrected chi connectivity index (χ0v) is 11.8. The first-order valence-corrected chi connectivity index (χ1v) is 6.29. The number of hydrogen-bond acceptors (Lipinski definition) is 2. The van der Waals surface area contributed by atoms with Crippen LogP contribution in [0.4, 0.5) is 0 Å². The maximum Gasteiger partial charge on any atom is 0.0233 e. The van der Waals surface area contributed by atoms with E-state index in [1.54, 1.807) is 0 Å². The van der Waals surface area contributed by atoms with Crippen LogP contribution in [-0.2, 0) is 6.54 Å². The van der Waals surface area contributed by atoms with Crippen molar-refractivity contribution < 1.29 is 0 Å². The van der Waals surface area contributed by atoms with Gasteiger partial charge in [0.25, 0.3) is 0 Å². The monoisotopic (exact) mass is 234 g/mol. The first-order chi connectivity index (χ1) is 7.80. The Morgan fingerprint density at radius 2 is 1.82 bits per heavy atom. The number of likely N-dealkylation sites (N-methyl/N-ethyl adjacent to an activating group) is 1. The summed E-state index contributed by atoms with van der Waals surface area (Å²) in [5.41, 5.74) is 9.10. The van der Waals surface area contributed by atoms with Crippen molar-refractivity contribution in [1.82, 2.24) is 4.90 Å². The second-order valence-corrected chi connectivity index (χ2v) is 6.10. The second-order valence-electron chi connectivity index (χ2n) is 6.10. The van der Waals surface area contributed by atoms with Gasteiger partial charge in [0, 0.05) is 19.1 Å². The summed E-state index contributed by atoms with van der Waals surface area (Å²) in [5.74, 6) is 0. The number of nitrogens with two attached hydrogens (primary N) is 1. The van der Waals surface area contributed by atoms with Gasteiger partial charge in [0.05, 0.1) is 0 Å². The van der Waals surface area contributed by atoms with Gasteiger partial charge in [-0.15, -0.1) is 0 Å². The molecule has 0 aliphatic heterocycles. The van der Waals surface area contributed by atoms with Crippen LogP contribution in [0.5, 0.6) is 0 Å². The fourth-order valence-corrected chi connectivity index (χ4v) is 1.75. The van der Waals surface area contributed by atoms with E-state index < -0.39 is 0 Å². The Labute approximate surface area is 106 Å². The molecular weight excluding hydrogens is 208 g/mol. The number of benzene rings is 1. The Morgan fingerprint density at radius 3 is 2.35 bits per heavy atom. The molecule has 0 amide bonds. The lowest BCUT2D eigenvalue weighted by atomic mass is 9.87. The molecule has 2 N–H and O–H groups in total. The van der Waals surface area contributed by atoms with Crippen LogP contribution in [0.25, 0.3) is 0 Å². The van der Waals surface area contributed by atoms with Gasteiger partial charge in [-0.2, -0.15) is 0 Å². The molecule has 0 heterocycles. The summed E-state index contributed by atoms with van der Waals surface area (Å²) < 4.78 is 0. The lowest BCUT2D eigenvalue weighted by Gasteiger charge is -2.31. The SMILES string of the molecule is Cc1ccccc1CN(C)CC(N)C(C)(C)C. The highest BCUT2D eigenvalue weighted by molar-refractivity contribution is 5.25. The summed E-state index contributed by atoms with van der Waals surface area (Å²) in [4.78, 5) is 2.30. The minimum absolute atomic E-state index is 0.167. The van der Waals surface area contributed by atoms with Crippen molar-refractivity contribution in [2.24, 2.45) is 11.1 Å². The van der Waals surface area contributed by atoms with Gasteiger partial charge in [-0.3, -0.25) is 0 Å². The lowest BCUT2D eigenvalue weighted by Crippen LogP contribution is -2.44. The standard InChI is InChI=1S/C15H26N2/c1-12-8-6-7-9-13(12)10-17(5)11-14(16)15(2,3)4/h6-9,14H,10-11,16H2,1-5H3. The molecule has 1 rings (SSSR count). The average Bonchev–Trinajstić information content (AvgIpc) is 2.20. The van der Waals surface area contributed by atoms with Crippen LogP contribution in [0.3, 0.4) is 0 Å². The van der Waals surface area contributed by atoms with Crippen molar-refractivity contribution in [2.45, 2.75) is 40.3 Å². The first kappa shape index (κ1) is 14.2. The molecule has 96 valence electrons. The van der Waals surface area contributed by atoms with Crippen molar-refractivity contribution in [3.8, 4) is 0 Å². The third-order valence-electron chi connectivity index (χ3n) is 3.32. The number of aryl methyl sites for hydroxylation is 1. The summed E-state index contributed by atoms with van der Waals surface area (Å²) in [6, 6.07) is 8.73.